The first-order valence-corrected chi connectivity index (χ1v) is 4.18. The fraction of sp³-hybridized carbons (Fsp3) is 0.800. The van der Waals surface area contributed by atoms with E-state index in [1.54, 1.807) is 0 Å². The Labute approximate surface area is 64.3 Å². The second kappa shape index (κ2) is 2.41. The molecule has 2 unspecified atom stereocenters. The second-order valence-corrected chi connectivity index (χ2v) is 4.57. The minimum atomic E-state index is 0.473. The quantitative estimate of drug-likeness (QED) is 0.451. The van der Waals surface area contributed by atoms with E-state index in [-0.39, 0.29) is 0 Å². The van der Waals surface area contributed by atoms with Gasteiger partial charge >= 0.3 is 0 Å². The molecule has 0 N–H and O–H groups in total. The van der Waals surface area contributed by atoms with E-state index < -0.39 is 0 Å². The molecule has 0 heterocycles. The van der Waals surface area contributed by atoms with Gasteiger partial charge in [-0.05, 0) is 23.7 Å². The number of rotatable bonds is 0. The molecule has 0 aromatic heterocycles. The average molecular weight is 138 g/mol. The first kappa shape index (κ1) is 7.84. The Bertz CT molecular complexity index is 137. The van der Waals surface area contributed by atoms with Crippen molar-refractivity contribution >= 4 is 0 Å². The smallest absolute Gasteiger partial charge is 0.0179 e. The van der Waals surface area contributed by atoms with Crippen molar-refractivity contribution in [2.45, 2.75) is 34.1 Å². The summed E-state index contributed by atoms with van der Waals surface area (Å²) in [6.07, 6.45) is 6.07. The van der Waals surface area contributed by atoms with E-state index in [0.717, 1.165) is 11.8 Å². The summed E-state index contributed by atoms with van der Waals surface area (Å²) < 4.78 is 0. The first-order chi connectivity index (χ1) is 4.50. The molecule has 0 saturated carbocycles. The molecule has 1 rings (SSSR count). The third-order valence-electron chi connectivity index (χ3n) is 2.41. The molecule has 0 amide bonds. The maximum absolute atomic E-state index is 2.38. The van der Waals surface area contributed by atoms with Gasteiger partial charge in [0.1, 0.15) is 0 Å². The van der Waals surface area contributed by atoms with Crippen LogP contribution in [0.3, 0.4) is 0 Å². The van der Waals surface area contributed by atoms with Gasteiger partial charge in [-0.15, -0.1) is 0 Å². The van der Waals surface area contributed by atoms with Crippen molar-refractivity contribution in [3.05, 3.63) is 12.2 Å². The number of allylic oxidation sites excluding steroid dienone is 2. The average Bonchev–Trinajstić information content (AvgIpc) is 2.11. The van der Waals surface area contributed by atoms with Gasteiger partial charge in [0.2, 0.25) is 0 Å². The van der Waals surface area contributed by atoms with Gasteiger partial charge < -0.3 is 0 Å². The summed E-state index contributed by atoms with van der Waals surface area (Å²) in [6, 6.07) is 0. The molecule has 2 atom stereocenters. The van der Waals surface area contributed by atoms with Crippen LogP contribution < -0.4 is 0 Å². The lowest BCUT2D eigenvalue weighted by Gasteiger charge is -2.25. The first-order valence-electron chi connectivity index (χ1n) is 4.18. The highest BCUT2D eigenvalue weighted by Gasteiger charge is 2.26. The molecule has 58 valence electrons. The van der Waals surface area contributed by atoms with Crippen LogP contribution in [0.5, 0.6) is 0 Å². The Balaban J connectivity index is 2.55. The van der Waals surface area contributed by atoms with Gasteiger partial charge in [0.15, 0.2) is 0 Å². The Morgan fingerprint density at radius 3 is 2.00 bits per heavy atom. The summed E-state index contributed by atoms with van der Waals surface area (Å²) in [4.78, 5) is 0. The van der Waals surface area contributed by atoms with Crippen LogP contribution in [0.15, 0.2) is 12.2 Å². The molecule has 1 aliphatic carbocycles. The van der Waals surface area contributed by atoms with Gasteiger partial charge in [-0.1, -0.05) is 39.8 Å². The van der Waals surface area contributed by atoms with E-state index in [1.807, 2.05) is 0 Å². The predicted octanol–water partition coefficient (Wildman–Crippen LogP) is 3.24. The summed E-state index contributed by atoms with van der Waals surface area (Å²) in [6.45, 7) is 9.25. The normalized spacial score (nSPS) is 33.2. The number of hydrogen-bond donors (Lipinski definition) is 0. The van der Waals surface area contributed by atoms with E-state index >= 15 is 0 Å². The van der Waals surface area contributed by atoms with Crippen LogP contribution in [0.1, 0.15) is 34.1 Å². The van der Waals surface area contributed by atoms with Crippen LogP contribution >= 0.6 is 0 Å². The molecular weight excluding hydrogens is 120 g/mol. The summed E-state index contributed by atoms with van der Waals surface area (Å²) in [7, 11) is 0. The lowest BCUT2D eigenvalue weighted by atomic mass is 9.80. The topological polar surface area (TPSA) is 0 Å². The lowest BCUT2D eigenvalue weighted by Crippen LogP contribution is -2.16. The zero-order valence-corrected chi connectivity index (χ0v) is 7.52. The van der Waals surface area contributed by atoms with Crippen LogP contribution in [0, 0.1) is 17.3 Å². The molecule has 0 fully saturated rings. The molecule has 0 bridgehead atoms. The second-order valence-electron chi connectivity index (χ2n) is 4.57. The lowest BCUT2D eigenvalue weighted by molar-refractivity contribution is 0.276. The highest BCUT2D eigenvalue weighted by molar-refractivity contribution is 5.03. The minimum absolute atomic E-state index is 0.473. The van der Waals surface area contributed by atoms with Crippen LogP contribution in [0.25, 0.3) is 0 Å². The Kier molecular flexibility index (Phi) is 1.89. The Morgan fingerprint density at radius 1 is 1.20 bits per heavy atom. The molecule has 0 aromatic rings. The highest BCUT2D eigenvalue weighted by atomic mass is 14.3. The monoisotopic (exact) mass is 138 g/mol. The van der Waals surface area contributed by atoms with E-state index in [2.05, 4.69) is 39.8 Å². The third-order valence-corrected chi connectivity index (χ3v) is 2.41. The summed E-state index contributed by atoms with van der Waals surface area (Å²) in [5, 5.41) is 0. The van der Waals surface area contributed by atoms with Gasteiger partial charge in [0, 0.05) is 0 Å². The Morgan fingerprint density at radius 2 is 1.80 bits per heavy atom. The largest absolute Gasteiger partial charge is 0.0854 e. The zero-order valence-electron chi connectivity index (χ0n) is 7.52. The van der Waals surface area contributed by atoms with Crippen molar-refractivity contribution < 1.29 is 0 Å². The zero-order chi connectivity index (χ0) is 7.78. The van der Waals surface area contributed by atoms with Crippen LogP contribution in [-0.4, -0.2) is 0 Å². The number of hydrogen-bond acceptors (Lipinski definition) is 0. The van der Waals surface area contributed by atoms with Gasteiger partial charge in [-0.25, -0.2) is 0 Å². The SMILES string of the molecule is CC1C=CC(C(C)(C)C)C1. The molecule has 0 nitrogen and oxygen atoms in total. The summed E-state index contributed by atoms with van der Waals surface area (Å²) in [5.41, 5.74) is 0.473. The fourth-order valence-corrected chi connectivity index (χ4v) is 1.52. The van der Waals surface area contributed by atoms with Crippen molar-refractivity contribution in [3.8, 4) is 0 Å². The van der Waals surface area contributed by atoms with Crippen LogP contribution in [0.4, 0.5) is 0 Å². The van der Waals surface area contributed by atoms with E-state index in [0.29, 0.717) is 5.41 Å². The maximum atomic E-state index is 2.38. The maximum Gasteiger partial charge on any atom is -0.0179 e. The third kappa shape index (κ3) is 1.62. The molecule has 0 spiro atoms. The van der Waals surface area contributed by atoms with Crippen molar-refractivity contribution in [1.82, 2.24) is 0 Å². The molecule has 0 heteroatoms. The highest BCUT2D eigenvalue weighted by Crippen LogP contribution is 2.36. The molecule has 0 aromatic carbocycles. The van der Waals surface area contributed by atoms with Crippen LogP contribution in [-0.2, 0) is 0 Å². The van der Waals surface area contributed by atoms with E-state index in [9.17, 15) is 0 Å². The van der Waals surface area contributed by atoms with E-state index in [1.165, 1.54) is 6.42 Å². The predicted molar refractivity (Wildman–Crippen MR) is 45.9 cm³/mol. The van der Waals surface area contributed by atoms with Crippen molar-refractivity contribution in [3.63, 3.8) is 0 Å². The van der Waals surface area contributed by atoms with E-state index in [4.69, 9.17) is 0 Å². The molecule has 10 heavy (non-hydrogen) atoms. The van der Waals surface area contributed by atoms with Crippen molar-refractivity contribution in [2.75, 3.05) is 0 Å². The summed E-state index contributed by atoms with van der Waals surface area (Å²) in [5.74, 6) is 1.62. The molecule has 0 radical (unpaired) electrons. The van der Waals surface area contributed by atoms with Gasteiger partial charge in [-0.3, -0.25) is 0 Å². The Hall–Kier alpha value is -0.260. The fourth-order valence-electron chi connectivity index (χ4n) is 1.52. The molecular formula is C10H18. The van der Waals surface area contributed by atoms with Crippen molar-refractivity contribution in [1.29, 1.82) is 0 Å². The van der Waals surface area contributed by atoms with Crippen molar-refractivity contribution in [2.24, 2.45) is 17.3 Å². The van der Waals surface area contributed by atoms with Gasteiger partial charge in [-0.2, -0.15) is 0 Å². The minimum Gasteiger partial charge on any atom is -0.0854 e. The summed E-state index contributed by atoms with van der Waals surface area (Å²) >= 11 is 0. The molecule has 1 aliphatic rings. The van der Waals surface area contributed by atoms with Gasteiger partial charge in [0.05, 0.1) is 0 Å². The van der Waals surface area contributed by atoms with Crippen LogP contribution in [0.2, 0.25) is 0 Å². The molecule has 0 saturated heterocycles. The molecule has 0 aliphatic heterocycles. The van der Waals surface area contributed by atoms with Gasteiger partial charge in [0.25, 0.3) is 0 Å². The standard InChI is InChI=1S/C10H18/c1-8-5-6-9(7-8)10(2,3)4/h5-6,8-9H,7H2,1-4H3.